The molecule has 144 valence electrons. The Labute approximate surface area is 170 Å². The molecule has 0 aliphatic carbocycles. The molecule has 0 radical (unpaired) electrons. The van der Waals surface area contributed by atoms with E-state index in [1.807, 2.05) is 54.1 Å². The van der Waals surface area contributed by atoms with Crippen molar-refractivity contribution in [3.05, 3.63) is 58.2 Å². The molecule has 1 aliphatic rings. The minimum absolute atomic E-state index is 0.0218. The second kappa shape index (κ2) is 8.91. The highest BCUT2D eigenvalue weighted by molar-refractivity contribution is 6.35. The van der Waals surface area contributed by atoms with Crippen LogP contribution in [0.2, 0.25) is 10.0 Å². The molecule has 0 spiro atoms. The highest BCUT2D eigenvalue weighted by Crippen LogP contribution is 2.29. The average Bonchev–Trinajstić information content (AvgIpc) is 2.68. The molecule has 5 nitrogen and oxygen atoms in total. The molecule has 0 saturated carbocycles. The van der Waals surface area contributed by atoms with Crippen LogP contribution in [0.15, 0.2) is 42.6 Å². The molecule has 1 saturated heterocycles. The van der Waals surface area contributed by atoms with Gasteiger partial charge >= 0.3 is 0 Å². The number of carbonyl (C=O) groups excluding carboxylic acids is 1. The number of pyridine rings is 1. The molecule has 1 atom stereocenters. The molecule has 27 heavy (non-hydrogen) atoms. The lowest BCUT2D eigenvalue weighted by molar-refractivity contribution is -0.132. The van der Waals surface area contributed by atoms with Crippen molar-refractivity contribution in [3.8, 4) is 0 Å². The summed E-state index contributed by atoms with van der Waals surface area (Å²) in [5.41, 5.74) is 0.969. The predicted octanol–water partition coefficient (Wildman–Crippen LogP) is 3.73. The first-order valence-corrected chi connectivity index (χ1v) is 9.80. The Kier molecular flexibility index (Phi) is 6.58. The van der Waals surface area contributed by atoms with E-state index in [1.165, 1.54) is 0 Å². The lowest BCUT2D eigenvalue weighted by Gasteiger charge is -2.36. The summed E-state index contributed by atoms with van der Waals surface area (Å²) >= 11 is 12.3. The summed E-state index contributed by atoms with van der Waals surface area (Å²) in [5, 5.41) is 1.23. The number of amides is 1. The second-order valence-corrected chi connectivity index (χ2v) is 7.66. The molecule has 1 fully saturated rings. The molecule has 1 aromatic heterocycles. The molecule has 7 heteroatoms. The molecule has 2 aromatic rings. The van der Waals surface area contributed by atoms with Crippen LogP contribution in [0.3, 0.4) is 0 Å². The summed E-state index contributed by atoms with van der Waals surface area (Å²) in [6.45, 7) is 5.40. The zero-order valence-corrected chi connectivity index (χ0v) is 17.1. The minimum atomic E-state index is 0.0218. The van der Waals surface area contributed by atoms with Gasteiger partial charge in [-0.1, -0.05) is 35.3 Å². The van der Waals surface area contributed by atoms with E-state index in [4.69, 9.17) is 23.2 Å². The Morgan fingerprint density at radius 3 is 2.56 bits per heavy atom. The Morgan fingerprint density at radius 1 is 1.19 bits per heavy atom. The lowest BCUT2D eigenvalue weighted by Crippen LogP contribution is -2.51. The van der Waals surface area contributed by atoms with Gasteiger partial charge in [0.25, 0.3) is 0 Å². The van der Waals surface area contributed by atoms with Crippen molar-refractivity contribution in [2.75, 3.05) is 44.7 Å². The van der Waals surface area contributed by atoms with E-state index in [-0.39, 0.29) is 11.9 Å². The van der Waals surface area contributed by atoms with Crippen LogP contribution < -0.4 is 4.90 Å². The topological polar surface area (TPSA) is 39.7 Å². The van der Waals surface area contributed by atoms with Gasteiger partial charge < -0.3 is 9.80 Å². The Morgan fingerprint density at radius 2 is 1.93 bits per heavy atom. The number of benzene rings is 1. The van der Waals surface area contributed by atoms with E-state index < -0.39 is 0 Å². The fourth-order valence-electron chi connectivity index (χ4n) is 3.25. The molecule has 0 bridgehead atoms. The maximum absolute atomic E-state index is 12.7. The molecule has 1 aliphatic heterocycles. The van der Waals surface area contributed by atoms with E-state index in [9.17, 15) is 4.79 Å². The van der Waals surface area contributed by atoms with E-state index in [0.29, 0.717) is 29.7 Å². The normalized spacial score (nSPS) is 15.9. The highest BCUT2D eigenvalue weighted by Gasteiger charge is 2.24. The number of carbonyl (C=O) groups is 1. The second-order valence-electron chi connectivity index (χ2n) is 6.81. The number of hydrogen-bond donors (Lipinski definition) is 0. The van der Waals surface area contributed by atoms with Crippen LogP contribution in [-0.4, -0.2) is 60.5 Å². The van der Waals surface area contributed by atoms with Crippen LogP contribution in [0.1, 0.15) is 18.5 Å². The van der Waals surface area contributed by atoms with Crippen LogP contribution in [0.25, 0.3) is 0 Å². The number of halogens is 2. The first kappa shape index (κ1) is 19.9. The smallest absolute Gasteiger partial charge is 0.236 e. The molecule has 3 rings (SSSR count). The summed E-state index contributed by atoms with van der Waals surface area (Å²) in [5.74, 6) is 1.10. The molecule has 1 aromatic carbocycles. The number of hydrogen-bond acceptors (Lipinski definition) is 4. The quantitative estimate of drug-likeness (QED) is 0.758. The van der Waals surface area contributed by atoms with Gasteiger partial charge in [0.1, 0.15) is 5.82 Å². The van der Waals surface area contributed by atoms with E-state index in [0.717, 1.165) is 24.5 Å². The van der Waals surface area contributed by atoms with Crippen molar-refractivity contribution in [1.82, 2.24) is 14.8 Å². The van der Waals surface area contributed by atoms with Crippen molar-refractivity contribution < 1.29 is 4.79 Å². The van der Waals surface area contributed by atoms with E-state index in [2.05, 4.69) is 9.88 Å². The van der Waals surface area contributed by atoms with Crippen LogP contribution in [0.5, 0.6) is 0 Å². The van der Waals surface area contributed by atoms with Crippen LogP contribution >= 0.6 is 23.2 Å². The van der Waals surface area contributed by atoms with Crippen molar-refractivity contribution in [2.24, 2.45) is 0 Å². The number of anilines is 1. The highest BCUT2D eigenvalue weighted by atomic mass is 35.5. The number of aromatic nitrogens is 1. The van der Waals surface area contributed by atoms with Gasteiger partial charge in [-0.2, -0.15) is 0 Å². The van der Waals surface area contributed by atoms with Gasteiger partial charge in [-0.05, 0) is 43.8 Å². The van der Waals surface area contributed by atoms with Crippen molar-refractivity contribution >= 4 is 34.9 Å². The fraction of sp³-hybridized carbons (Fsp3) is 0.400. The fourth-order valence-corrected chi connectivity index (χ4v) is 3.82. The molecule has 0 unspecified atom stereocenters. The van der Waals surface area contributed by atoms with Crippen molar-refractivity contribution in [3.63, 3.8) is 0 Å². The minimum Gasteiger partial charge on any atom is -0.353 e. The first-order valence-electron chi connectivity index (χ1n) is 9.04. The number of likely N-dealkylation sites (N-methyl/N-ethyl adjacent to an activating group) is 1. The van der Waals surface area contributed by atoms with E-state index >= 15 is 0 Å². The summed E-state index contributed by atoms with van der Waals surface area (Å²) in [4.78, 5) is 23.3. The summed E-state index contributed by atoms with van der Waals surface area (Å²) in [6, 6.07) is 11.4. The maximum Gasteiger partial charge on any atom is 0.236 e. The van der Waals surface area contributed by atoms with Gasteiger partial charge in [0.05, 0.1) is 6.54 Å². The van der Waals surface area contributed by atoms with Crippen molar-refractivity contribution in [2.45, 2.75) is 13.0 Å². The van der Waals surface area contributed by atoms with Gasteiger partial charge in [0.2, 0.25) is 5.91 Å². The molecule has 2 heterocycles. The largest absolute Gasteiger partial charge is 0.353 e. The molecular formula is C20H24Cl2N4O. The van der Waals surface area contributed by atoms with Gasteiger partial charge in [-0.15, -0.1) is 0 Å². The molecule has 0 N–H and O–H groups in total. The third-order valence-corrected chi connectivity index (χ3v) is 5.63. The van der Waals surface area contributed by atoms with Crippen molar-refractivity contribution in [1.29, 1.82) is 0 Å². The zero-order chi connectivity index (χ0) is 19.4. The van der Waals surface area contributed by atoms with Gasteiger partial charge in [0, 0.05) is 48.5 Å². The monoisotopic (exact) mass is 406 g/mol. The lowest BCUT2D eigenvalue weighted by atomic mass is 10.1. The predicted molar refractivity (Wildman–Crippen MR) is 111 cm³/mol. The third-order valence-electron chi connectivity index (χ3n) is 5.06. The number of rotatable bonds is 5. The Bertz CT molecular complexity index is 779. The van der Waals surface area contributed by atoms with Crippen LogP contribution in [-0.2, 0) is 4.79 Å². The van der Waals surface area contributed by atoms with Crippen LogP contribution in [0, 0.1) is 0 Å². The third kappa shape index (κ3) is 4.92. The van der Waals surface area contributed by atoms with Gasteiger partial charge in [0.15, 0.2) is 0 Å². The molecule has 1 amide bonds. The zero-order valence-electron chi connectivity index (χ0n) is 15.6. The van der Waals surface area contributed by atoms with Gasteiger partial charge in [-0.3, -0.25) is 9.69 Å². The summed E-state index contributed by atoms with van der Waals surface area (Å²) in [7, 11) is 1.94. The Hall–Kier alpha value is -1.82. The standard InChI is InChI=1S/C20H24Cl2N4O/c1-15(17-7-6-16(21)13-18(17)22)24(2)14-20(27)26-11-9-25(10-12-26)19-5-3-4-8-23-19/h3-8,13,15H,9-12,14H2,1-2H3/t15-/m1/s1. The number of piperazine rings is 1. The van der Waals surface area contributed by atoms with E-state index in [1.54, 1.807) is 12.3 Å². The number of nitrogens with zero attached hydrogens (tertiary/aromatic N) is 4. The average molecular weight is 407 g/mol. The summed E-state index contributed by atoms with van der Waals surface area (Å²) < 4.78 is 0. The summed E-state index contributed by atoms with van der Waals surface area (Å²) in [6.07, 6.45) is 1.80. The molecular weight excluding hydrogens is 383 g/mol. The maximum atomic E-state index is 12.7. The van der Waals surface area contributed by atoms with Crippen LogP contribution in [0.4, 0.5) is 5.82 Å². The first-order chi connectivity index (χ1) is 13.0. The Balaban J connectivity index is 1.54. The van der Waals surface area contributed by atoms with Gasteiger partial charge in [-0.25, -0.2) is 4.98 Å². The SMILES string of the molecule is C[C@H](c1ccc(Cl)cc1Cl)N(C)CC(=O)N1CCN(c2ccccn2)CC1.